The summed E-state index contributed by atoms with van der Waals surface area (Å²) < 4.78 is 25.2. The van der Waals surface area contributed by atoms with Crippen molar-refractivity contribution < 1.29 is 18.7 Å². The Morgan fingerprint density at radius 2 is 1.90 bits per heavy atom. The number of isocyanates is 1. The number of halogens is 1. The van der Waals surface area contributed by atoms with Gasteiger partial charge in [-0.2, -0.15) is 4.99 Å². The van der Waals surface area contributed by atoms with Crippen LogP contribution >= 0.6 is 11.8 Å². The monoisotopic (exact) mass is 311 g/mol. The number of thioether (sulfide) groups is 1. The minimum atomic E-state index is -0.752. The molecule has 4 nitrogen and oxygen atoms in total. The molecule has 0 saturated heterocycles. The molecule has 0 aromatic heterocycles. The molecule has 0 unspecified atom stereocenters. The second kappa shape index (κ2) is 6.50. The highest BCUT2D eigenvalue weighted by molar-refractivity contribution is 7.98. The van der Waals surface area contributed by atoms with Gasteiger partial charge in [-0.25, -0.2) is 9.18 Å². The Hall–Kier alpha value is -1.52. The van der Waals surface area contributed by atoms with E-state index in [9.17, 15) is 9.18 Å². The third-order valence-electron chi connectivity index (χ3n) is 3.95. The van der Waals surface area contributed by atoms with E-state index in [1.54, 1.807) is 12.3 Å². The fourth-order valence-corrected chi connectivity index (χ4v) is 3.62. The van der Waals surface area contributed by atoms with E-state index in [-0.39, 0.29) is 5.82 Å². The third-order valence-corrected chi connectivity index (χ3v) is 4.74. The minimum Gasteiger partial charge on any atom is -0.492 e. The lowest BCUT2D eigenvalue weighted by Crippen LogP contribution is -2.21. The Morgan fingerprint density at radius 3 is 2.38 bits per heavy atom. The van der Waals surface area contributed by atoms with Crippen LogP contribution < -0.4 is 9.47 Å². The molecule has 0 aliphatic heterocycles. The number of ether oxygens (including phenoxy) is 2. The second-order valence-electron chi connectivity index (χ2n) is 4.95. The predicted molar refractivity (Wildman–Crippen MR) is 79.6 cm³/mol. The first-order chi connectivity index (χ1) is 10.1. The zero-order valence-electron chi connectivity index (χ0n) is 12.4. The molecule has 114 valence electrons. The lowest BCUT2D eigenvalue weighted by atomic mass is 9.87. The van der Waals surface area contributed by atoms with E-state index in [4.69, 9.17) is 9.47 Å². The van der Waals surface area contributed by atoms with Crippen molar-refractivity contribution in [3.8, 4) is 11.5 Å². The summed E-state index contributed by atoms with van der Waals surface area (Å²) in [4.78, 5) is 15.2. The van der Waals surface area contributed by atoms with Gasteiger partial charge < -0.3 is 9.47 Å². The van der Waals surface area contributed by atoms with Gasteiger partial charge >= 0.3 is 0 Å². The van der Waals surface area contributed by atoms with E-state index in [1.165, 1.54) is 32.0 Å². The molecule has 1 aliphatic carbocycles. The van der Waals surface area contributed by atoms with Crippen LogP contribution in [0.1, 0.15) is 31.2 Å². The van der Waals surface area contributed by atoms with E-state index in [2.05, 4.69) is 4.99 Å². The summed E-state index contributed by atoms with van der Waals surface area (Å²) in [6.45, 7) is 0. The average molecular weight is 311 g/mol. The SMILES string of the molecule is COc1c(C2(N=C=O)CCCC2)cc(F)c(SC)c1OC. The molecule has 0 spiro atoms. The van der Waals surface area contributed by atoms with Crippen LogP contribution in [-0.2, 0) is 10.3 Å². The molecule has 0 N–H and O–H groups in total. The molecule has 21 heavy (non-hydrogen) atoms. The highest BCUT2D eigenvalue weighted by Crippen LogP contribution is 2.51. The molecule has 0 radical (unpaired) electrons. The Bertz CT molecular complexity index is 579. The van der Waals surface area contributed by atoms with Gasteiger partial charge in [0.05, 0.1) is 19.1 Å². The summed E-state index contributed by atoms with van der Waals surface area (Å²) in [5.41, 5.74) is -0.184. The fraction of sp³-hybridized carbons (Fsp3) is 0.533. The smallest absolute Gasteiger partial charge is 0.235 e. The molecule has 1 saturated carbocycles. The number of hydrogen-bond donors (Lipinski definition) is 0. The van der Waals surface area contributed by atoms with Crippen molar-refractivity contribution in [2.24, 2.45) is 4.99 Å². The zero-order valence-corrected chi connectivity index (χ0v) is 13.2. The van der Waals surface area contributed by atoms with Gasteiger partial charge in [-0.3, -0.25) is 0 Å². The van der Waals surface area contributed by atoms with Crippen LogP contribution in [0.5, 0.6) is 11.5 Å². The lowest BCUT2D eigenvalue weighted by Gasteiger charge is -2.27. The van der Waals surface area contributed by atoms with E-state index >= 15 is 0 Å². The van der Waals surface area contributed by atoms with Crippen LogP contribution in [0.3, 0.4) is 0 Å². The maximum absolute atomic E-state index is 14.4. The average Bonchev–Trinajstić information content (AvgIpc) is 2.96. The van der Waals surface area contributed by atoms with Crippen molar-refractivity contribution in [2.75, 3.05) is 20.5 Å². The Labute approximate surface area is 127 Å². The molecule has 0 heterocycles. The molecule has 0 amide bonds. The van der Waals surface area contributed by atoms with Crippen molar-refractivity contribution in [1.29, 1.82) is 0 Å². The molecule has 6 heteroatoms. The van der Waals surface area contributed by atoms with Gasteiger partial charge in [0.2, 0.25) is 6.08 Å². The van der Waals surface area contributed by atoms with E-state index < -0.39 is 5.54 Å². The van der Waals surface area contributed by atoms with Gasteiger partial charge in [0.25, 0.3) is 0 Å². The number of rotatable bonds is 5. The number of aliphatic imine (C=N–C) groups is 1. The van der Waals surface area contributed by atoms with Crippen LogP contribution in [0, 0.1) is 5.82 Å². The molecular weight excluding hydrogens is 293 g/mol. The molecule has 0 bridgehead atoms. The largest absolute Gasteiger partial charge is 0.492 e. The normalized spacial score (nSPS) is 16.4. The molecule has 1 aromatic rings. The van der Waals surface area contributed by atoms with E-state index in [0.717, 1.165) is 12.8 Å². The lowest BCUT2D eigenvalue weighted by molar-refractivity contribution is 0.326. The van der Waals surface area contributed by atoms with Crippen molar-refractivity contribution >= 4 is 17.8 Å². The quantitative estimate of drug-likeness (QED) is 0.473. The van der Waals surface area contributed by atoms with E-state index in [0.29, 0.717) is 34.8 Å². The number of methoxy groups -OCH3 is 2. The summed E-state index contributed by atoms with van der Waals surface area (Å²) in [5.74, 6) is 0.416. The summed E-state index contributed by atoms with van der Waals surface area (Å²) in [7, 11) is 2.99. The first kappa shape index (κ1) is 15.9. The molecule has 1 aliphatic rings. The zero-order chi connectivity index (χ0) is 15.5. The standard InChI is InChI=1S/C15H18FNO3S/c1-19-12-10(15(17-9-18)6-4-5-7-15)8-11(16)14(21-3)13(12)20-2/h8H,4-7H2,1-3H3. The van der Waals surface area contributed by atoms with Gasteiger partial charge in [0.1, 0.15) is 11.4 Å². The summed E-state index contributed by atoms with van der Waals surface area (Å²) in [5, 5.41) is 0. The number of hydrogen-bond acceptors (Lipinski definition) is 5. The van der Waals surface area contributed by atoms with Crippen LogP contribution in [0.25, 0.3) is 0 Å². The maximum atomic E-state index is 14.4. The Balaban J connectivity index is 2.73. The van der Waals surface area contributed by atoms with E-state index in [1.807, 2.05) is 0 Å². The van der Waals surface area contributed by atoms with Crippen molar-refractivity contribution in [1.82, 2.24) is 0 Å². The van der Waals surface area contributed by atoms with Crippen LogP contribution in [0.2, 0.25) is 0 Å². The first-order valence-electron chi connectivity index (χ1n) is 6.71. The molecule has 2 rings (SSSR count). The second-order valence-corrected chi connectivity index (χ2v) is 5.76. The highest BCUT2D eigenvalue weighted by atomic mass is 32.2. The summed E-state index contributed by atoms with van der Waals surface area (Å²) in [6.07, 6.45) is 6.64. The van der Waals surface area contributed by atoms with Crippen molar-refractivity contribution in [2.45, 2.75) is 36.1 Å². The number of carbonyl (C=O) groups excluding carboxylic acids is 1. The van der Waals surface area contributed by atoms with Crippen LogP contribution in [0.15, 0.2) is 16.0 Å². The van der Waals surface area contributed by atoms with Gasteiger partial charge in [-0.1, -0.05) is 12.8 Å². The maximum Gasteiger partial charge on any atom is 0.235 e. The molecular formula is C15H18FNO3S. The highest BCUT2D eigenvalue weighted by Gasteiger charge is 2.40. The Morgan fingerprint density at radius 1 is 1.29 bits per heavy atom. The topological polar surface area (TPSA) is 47.9 Å². The summed E-state index contributed by atoms with van der Waals surface area (Å²) in [6, 6.07) is 1.42. The number of benzene rings is 1. The minimum absolute atomic E-state index is 0.354. The van der Waals surface area contributed by atoms with Gasteiger partial charge in [-0.15, -0.1) is 11.8 Å². The number of nitrogens with zero attached hydrogens (tertiary/aromatic N) is 1. The molecule has 0 atom stereocenters. The van der Waals surface area contributed by atoms with Crippen molar-refractivity contribution in [3.05, 3.63) is 17.4 Å². The van der Waals surface area contributed by atoms with Crippen LogP contribution in [-0.4, -0.2) is 26.6 Å². The Kier molecular flexibility index (Phi) is 4.91. The van der Waals surface area contributed by atoms with Gasteiger partial charge in [0, 0.05) is 5.56 Å². The summed E-state index contributed by atoms with van der Waals surface area (Å²) >= 11 is 1.25. The fourth-order valence-electron chi connectivity index (χ4n) is 3.00. The molecule has 1 aromatic carbocycles. The molecule has 1 fully saturated rings. The van der Waals surface area contributed by atoms with Gasteiger partial charge in [-0.05, 0) is 25.2 Å². The van der Waals surface area contributed by atoms with Crippen molar-refractivity contribution in [3.63, 3.8) is 0 Å². The predicted octanol–water partition coefficient (Wildman–Crippen LogP) is 3.67. The third kappa shape index (κ3) is 2.65. The first-order valence-corrected chi connectivity index (χ1v) is 7.94. The van der Waals surface area contributed by atoms with Crippen LogP contribution in [0.4, 0.5) is 4.39 Å². The van der Waals surface area contributed by atoms with Gasteiger partial charge in [0.15, 0.2) is 11.5 Å².